The van der Waals surface area contributed by atoms with Crippen LogP contribution >= 0.6 is 0 Å². The maximum atomic E-state index is 11.7. The topological polar surface area (TPSA) is 117 Å². The summed E-state index contributed by atoms with van der Waals surface area (Å²) in [5, 5.41) is 24.0. The van der Waals surface area contributed by atoms with E-state index in [1.54, 1.807) is 39.0 Å². The molecule has 0 saturated carbocycles. The van der Waals surface area contributed by atoms with Gasteiger partial charge in [0.2, 0.25) is 0 Å². The van der Waals surface area contributed by atoms with Crippen molar-refractivity contribution < 1.29 is 29.3 Å². The number of aryl methyl sites for hydroxylation is 1. The Hall–Kier alpha value is -3.42. The number of aromatic hydroxyl groups is 2. The second kappa shape index (κ2) is 10.9. The van der Waals surface area contributed by atoms with Gasteiger partial charge in [0.25, 0.3) is 0 Å². The van der Waals surface area contributed by atoms with E-state index in [0.29, 0.717) is 11.4 Å². The van der Waals surface area contributed by atoms with E-state index in [1.807, 2.05) is 41.5 Å². The molecule has 0 aliphatic carbocycles. The van der Waals surface area contributed by atoms with E-state index in [-0.39, 0.29) is 11.5 Å². The Morgan fingerprint density at radius 1 is 0.758 bits per heavy atom. The van der Waals surface area contributed by atoms with Crippen molar-refractivity contribution in [3.63, 3.8) is 0 Å². The number of benzene rings is 2. The largest absolute Gasteiger partial charge is 0.508 e. The molecule has 2 amide bonds. The van der Waals surface area contributed by atoms with Gasteiger partial charge in [-0.3, -0.25) is 10.6 Å². The summed E-state index contributed by atoms with van der Waals surface area (Å²) in [5.74, 6) is 0.393. The molecule has 0 atom stereocenters. The molecule has 8 heteroatoms. The molecule has 0 bridgehead atoms. The number of hydrogen-bond donors (Lipinski definition) is 4. The minimum atomic E-state index is -0.530. The number of phenols is 2. The second-order valence-corrected chi connectivity index (χ2v) is 9.64. The smallest absolute Gasteiger partial charge is 0.412 e. The average molecular weight is 461 g/mol. The van der Waals surface area contributed by atoms with Crippen LogP contribution in [0.25, 0.3) is 0 Å². The summed E-state index contributed by atoms with van der Waals surface area (Å²) in [6, 6.07) is 7.81. The number of phenolic OH excluding ortho intramolecular Hbond substituents is 2. The minimum absolute atomic E-state index is 0.157. The first-order valence-corrected chi connectivity index (χ1v) is 10.6. The molecule has 0 unspecified atom stereocenters. The van der Waals surface area contributed by atoms with E-state index in [1.165, 1.54) is 12.1 Å². The average Bonchev–Trinajstić information content (AvgIpc) is 2.63. The van der Waals surface area contributed by atoms with Crippen LogP contribution < -0.4 is 10.6 Å². The molecule has 0 aromatic heterocycles. The van der Waals surface area contributed by atoms with Gasteiger partial charge in [-0.25, -0.2) is 9.59 Å². The molecular weight excluding hydrogens is 424 g/mol. The third-order valence-electron chi connectivity index (χ3n) is 4.21. The Morgan fingerprint density at radius 3 is 1.67 bits per heavy atom. The second-order valence-electron chi connectivity index (χ2n) is 9.64. The van der Waals surface area contributed by atoms with E-state index in [0.717, 1.165) is 16.7 Å². The maximum Gasteiger partial charge on any atom is 0.412 e. The Bertz CT molecular complexity index is 970. The van der Waals surface area contributed by atoms with Gasteiger partial charge < -0.3 is 19.7 Å². The number of carbonyl (C=O) groups is 2. The first-order valence-electron chi connectivity index (χ1n) is 10.6. The van der Waals surface area contributed by atoms with Crippen LogP contribution in [-0.4, -0.2) is 33.6 Å². The van der Waals surface area contributed by atoms with E-state index in [4.69, 9.17) is 14.6 Å². The fourth-order valence-electron chi connectivity index (χ4n) is 2.63. The van der Waals surface area contributed by atoms with Crippen molar-refractivity contribution in [2.45, 2.75) is 73.5 Å². The predicted octanol–water partition coefficient (Wildman–Crippen LogP) is 6.40. The number of rotatable bonds is 2. The Labute approximate surface area is 195 Å². The van der Waals surface area contributed by atoms with E-state index in [9.17, 15) is 14.7 Å². The molecule has 0 radical (unpaired) electrons. The van der Waals surface area contributed by atoms with Crippen molar-refractivity contribution in [2.24, 2.45) is 0 Å². The minimum Gasteiger partial charge on any atom is -0.508 e. The fraction of sp³-hybridized carbons (Fsp3) is 0.440. The molecule has 33 heavy (non-hydrogen) atoms. The molecule has 0 fully saturated rings. The van der Waals surface area contributed by atoms with Gasteiger partial charge in [0.05, 0.1) is 5.69 Å². The van der Waals surface area contributed by atoms with Gasteiger partial charge in [-0.15, -0.1) is 0 Å². The Morgan fingerprint density at radius 2 is 1.21 bits per heavy atom. The Balaban J connectivity index is 0.000000335. The summed E-state index contributed by atoms with van der Waals surface area (Å²) >= 11 is 0. The third-order valence-corrected chi connectivity index (χ3v) is 4.21. The Kier molecular flexibility index (Phi) is 9.15. The number of hydrogen-bond acceptors (Lipinski definition) is 6. The van der Waals surface area contributed by atoms with Crippen LogP contribution in [0.3, 0.4) is 0 Å². The van der Waals surface area contributed by atoms with Crippen LogP contribution in [0.1, 0.15) is 58.2 Å². The standard InChI is InChI=1S/C14H21NO3.C11H15NO3/c1-8-7-11(16)9(2)10(3)12(8)15-13(17)18-14(4,5)6;1-11(2,3)15-10(14)12-8-4-6-9(13)7-5-8/h7,16H,1-6H3,(H,15,17);4-7,13H,1-3H3,(H,12,14). The quantitative estimate of drug-likeness (QED) is 0.385. The molecule has 0 spiro atoms. The highest BCUT2D eigenvalue weighted by Crippen LogP contribution is 2.30. The zero-order valence-electron chi connectivity index (χ0n) is 20.9. The monoisotopic (exact) mass is 460 g/mol. The number of anilines is 2. The number of nitrogens with one attached hydrogen (secondary N) is 2. The first-order chi connectivity index (χ1) is 15.0. The summed E-state index contributed by atoms with van der Waals surface area (Å²) in [7, 11) is 0. The molecule has 4 N–H and O–H groups in total. The van der Waals surface area contributed by atoms with Crippen LogP contribution in [0.4, 0.5) is 21.0 Å². The molecule has 0 aliphatic rings. The van der Waals surface area contributed by atoms with E-state index in [2.05, 4.69) is 10.6 Å². The summed E-state index contributed by atoms with van der Waals surface area (Å²) in [6.07, 6.45) is -0.994. The van der Waals surface area contributed by atoms with E-state index >= 15 is 0 Å². The first kappa shape index (κ1) is 27.6. The van der Waals surface area contributed by atoms with Gasteiger partial charge in [0.1, 0.15) is 22.7 Å². The lowest BCUT2D eigenvalue weighted by Gasteiger charge is -2.21. The number of carbonyl (C=O) groups excluding carboxylic acids is 2. The molecule has 182 valence electrons. The van der Waals surface area contributed by atoms with Gasteiger partial charge in [-0.05, 0) is 109 Å². The van der Waals surface area contributed by atoms with Crippen LogP contribution in [-0.2, 0) is 9.47 Å². The molecule has 2 rings (SSSR count). The molecule has 0 saturated heterocycles. The SMILES string of the molecule is CC(C)(C)OC(=O)Nc1ccc(O)cc1.Cc1cc(O)c(C)c(C)c1NC(=O)OC(C)(C)C. The van der Waals surface area contributed by atoms with Gasteiger partial charge in [0, 0.05) is 5.69 Å². The molecule has 2 aromatic carbocycles. The maximum absolute atomic E-state index is 11.7. The van der Waals surface area contributed by atoms with Crippen LogP contribution in [0.2, 0.25) is 0 Å². The van der Waals surface area contributed by atoms with Gasteiger partial charge in [-0.1, -0.05) is 0 Å². The summed E-state index contributed by atoms with van der Waals surface area (Å²) < 4.78 is 10.3. The van der Waals surface area contributed by atoms with Crippen molar-refractivity contribution in [1.82, 2.24) is 0 Å². The highest BCUT2D eigenvalue weighted by Gasteiger charge is 2.19. The molecule has 0 aliphatic heterocycles. The number of ether oxygens (including phenoxy) is 2. The van der Waals surface area contributed by atoms with E-state index < -0.39 is 23.4 Å². The zero-order valence-corrected chi connectivity index (χ0v) is 20.9. The molecular formula is C25H36N2O6. The van der Waals surface area contributed by atoms with Crippen molar-refractivity contribution in [2.75, 3.05) is 10.6 Å². The van der Waals surface area contributed by atoms with Crippen LogP contribution in [0.5, 0.6) is 11.5 Å². The summed E-state index contributed by atoms with van der Waals surface area (Å²) in [5.41, 5.74) is 2.65. The van der Waals surface area contributed by atoms with Crippen molar-refractivity contribution in [3.05, 3.63) is 47.0 Å². The summed E-state index contributed by atoms with van der Waals surface area (Å²) in [6.45, 7) is 16.3. The van der Waals surface area contributed by atoms with Gasteiger partial charge in [-0.2, -0.15) is 0 Å². The normalized spacial score (nSPS) is 11.1. The highest BCUT2D eigenvalue weighted by molar-refractivity contribution is 5.88. The lowest BCUT2D eigenvalue weighted by Crippen LogP contribution is -2.27. The molecule has 2 aromatic rings. The fourth-order valence-corrected chi connectivity index (χ4v) is 2.63. The van der Waals surface area contributed by atoms with Crippen molar-refractivity contribution >= 4 is 23.6 Å². The zero-order chi connectivity index (χ0) is 25.6. The van der Waals surface area contributed by atoms with Crippen molar-refractivity contribution in [1.29, 1.82) is 0 Å². The predicted molar refractivity (Wildman–Crippen MR) is 130 cm³/mol. The van der Waals surface area contributed by atoms with Gasteiger partial charge in [0.15, 0.2) is 0 Å². The van der Waals surface area contributed by atoms with Crippen LogP contribution in [0.15, 0.2) is 30.3 Å². The lowest BCUT2D eigenvalue weighted by atomic mass is 10.0. The molecule has 8 nitrogen and oxygen atoms in total. The lowest BCUT2D eigenvalue weighted by molar-refractivity contribution is 0.0624. The van der Waals surface area contributed by atoms with Gasteiger partial charge >= 0.3 is 12.2 Å². The third kappa shape index (κ3) is 10.2. The van der Waals surface area contributed by atoms with Crippen LogP contribution in [0, 0.1) is 20.8 Å². The summed E-state index contributed by atoms with van der Waals surface area (Å²) in [4.78, 5) is 23.1. The highest BCUT2D eigenvalue weighted by atomic mass is 16.6. The molecule has 0 heterocycles. The number of amides is 2. The van der Waals surface area contributed by atoms with Crippen molar-refractivity contribution in [3.8, 4) is 11.5 Å².